The minimum absolute atomic E-state index is 0.0534. The van der Waals surface area contributed by atoms with Crippen molar-refractivity contribution < 1.29 is 19.4 Å². The fourth-order valence-electron chi connectivity index (χ4n) is 2.60. The van der Waals surface area contributed by atoms with Crippen LogP contribution in [-0.2, 0) is 0 Å². The lowest BCUT2D eigenvalue weighted by Crippen LogP contribution is -2.19. The summed E-state index contributed by atoms with van der Waals surface area (Å²) < 4.78 is 0. The van der Waals surface area contributed by atoms with Gasteiger partial charge in [0.05, 0.1) is 22.3 Å². The lowest BCUT2D eigenvalue weighted by atomic mass is 10.1. The van der Waals surface area contributed by atoms with Crippen LogP contribution in [0.3, 0.4) is 0 Å². The number of carbonyl (C=O) groups excluding carboxylic acids is 2. The first-order chi connectivity index (χ1) is 16.3. The van der Waals surface area contributed by atoms with Crippen molar-refractivity contribution >= 4 is 35.6 Å². The van der Waals surface area contributed by atoms with Gasteiger partial charge < -0.3 is 0 Å². The lowest BCUT2D eigenvalue weighted by molar-refractivity contribution is -0.385. The Hall–Kier alpha value is -5.26. The summed E-state index contributed by atoms with van der Waals surface area (Å²) in [5, 5.41) is 28.9. The predicted octanol–water partition coefficient (Wildman–Crippen LogP) is 3.03. The number of nitro benzene ring substituents is 2. The summed E-state index contributed by atoms with van der Waals surface area (Å²) in [6.45, 7) is 0. The minimum Gasteiger partial charge on any atom is -0.267 e. The third kappa shape index (κ3) is 6.37. The predicted molar refractivity (Wildman–Crippen MR) is 123 cm³/mol. The first-order valence-corrected chi connectivity index (χ1v) is 9.59. The number of nitro groups is 2. The van der Waals surface area contributed by atoms with Crippen LogP contribution in [0.2, 0.25) is 0 Å². The Labute approximate surface area is 191 Å². The van der Waals surface area contributed by atoms with Crippen LogP contribution in [0.4, 0.5) is 11.4 Å². The molecule has 2 amide bonds. The van der Waals surface area contributed by atoms with E-state index in [1.807, 2.05) is 0 Å². The maximum Gasteiger partial charge on any atom is 0.271 e. The normalized spacial score (nSPS) is 10.8. The Morgan fingerprint density at radius 1 is 0.618 bits per heavy atom. The average molecular weight is 460 g/mol. The summed E-state index contributed by atoms with van der Waals surface area (Å²) in [4.78, 5) is 44.6. The van der Waals surface area contributed by atoms with Crippen LogP contribution in [0, 0.1) is 20.2 Å². The molecule has 0 aliphatic heterocycles. The Bertz CT molecular complexity index is 1170. The van der Waals surface area contributed by atoms with Gasteiger partial charge in [-0.05, 0) is 59.7 Å². The van der Waals surface area contributed by atoms with E-state index in [9.17, 15) is 29.8 Å². The van der Waals surface area contributed by atoms with Crippen molar-refractivity contribution in [3.63, 3.8) is 0 Å². The first-order valence-electron chi connectivity index (χ1n) is 9.59. The molecule has 0 bridgehead atoms. The molecule has 0 aliphatic carbocycles. The number of nitrogens with one attached hydrogen (secondary N) is 2. The number of hydrogen-bond acceptors (Lipinski definition) is 8. The van der Waals surface area contributed by atoms with E-state index in [1.54, 1.807) is 0 Å². The fourth-order valence-corrected chi connectivity index (χ4v) is 2.60. The van der Waals surface area contributed by atoms with E-state index in [-0.39, 0.29) is 22.5 Å². The van der Waals surface area contributed by atoms with Crippen molar-refractivity contribution in [2.45, 2.75) is 0 Å². The molecule has 0 saturated carbocycles. The molecular weight excluding hydrogens is 444 g/mol. The Balaban J connectivity index is 1.52. The van der Waals surface area contributed by atoms with Crippen LogP contribution < -0.4 is 10.9 Å². The summed E-state index contributed by atoms with van der Waals surface area (Å²) in [7, 11) is 0. The highest BCUT2D eigenvalue weighted by Crippen LogP contribution is 2.11. The van der Waals surface area contributed by atoms with Gasteiger partial charge in [-0.1, -0.05) is 0 Å². The highest BCUT2D eigenvalue weighted by molar-refractivity contribution is 5.98. The SMILES string of the molecule is O=C(NN=Cc1ccc([N+](=O)[O-])cc1)c1ccc(C(=O)NN=Cc2ccc([N+](=O)[O-])cc2)cc1. The molecule has 0 unspecified atom stereocenters. The van der Waals surface area contributed by atoms with Gasteiger partial charge in [-0.3, -0.25) is 29.8 Å². The van der Waals surface area contributed by atoms with E-state index in [0.29, 0.717) is 11.1 Å². The molecule has 2 N–H and O–H groups in total. The minimum atomic E-state index is -0.516. The van der Waals surface area contributed by atoms with Crippen molar-refractivity contribution in [1.29, 1.82) is 0 Å². The number of amides is 2. The molecule has 0 aromatic heterocycles. The Morgan fingerprint density at radius 3 is 1.24 bits per heavy atom. The van der Waals surface area contributed by atoms with E-state index in [2.05, 4.69) is 21.1 Å². The fraction of sp³-hybridized carbons (Fsp3) is 0. The van der Waals surface area contributed by atoms with E-state index in [4.69, 9.17) is 0 Å². The zero-order chi connectivity index (χ0) is 24.5. The maximum atomic E-state index is 12.2. The topological polar surface area (TPSA) is 169 Å². The number of hydrogen-bond donors (Lipinski definition) is 2. The van der Waals surface area contributed by atoms with Crippen LogP contribution in [0.25, 0.3) is 0 Å². The first kappa shape index (κ1) is 23.4. The van der Waals surface area contributed by atoms with Gasteiger partial charge in [0.25, 0.3) is 23.2 Å². The van der Waals surface area contributed by atoms with E-state index < -0.39 is 21.7 Å². The zero-order valence-electron chi connectivity index (χ0n) is 17.3. The average Bonchev–Trinajstić information content (AvgIpc) is 2.84. The molecule has 0 spiro atoms. The summed E-state index contributed by atoms with van der Waals surface area (Å²) in [6, 6.07) is 17.0. The molecule has 0 atom stereocenters. The van der Waals surface area contributed by atoms with Crippen molar-refractivity contribution in [2.75, 3.05) is 0 Å². The van der Waals surface area contributed by atoms with Crippen LogP contribution in [0.1, 0.15) is 31.8 Å². The van der Waals surface area contributed by atoms with Crippen LogP contribution in [0.15, 0.2) is 83.0 Å². The number of non-ortho nitro benzene ring substituents is 2. The molecule has 34 heavy (non-hydrogen) atoms. The molecule has 0 heterocycles. The number of rotatable bonds is 8. The second-order valence-corrected chi connectivity index (χ2v) is 6.67. The molecular formula is C22H16N6O6. The van der Waals surface area contributed by atoms with Gasteiger partial charge in [0.2, 0.25) is 0 Å². The molecule has 0 fully saturated rings. The standard InChI is InChI=1S/C22H16N6O6/c29-21(25-23-13-15-1-9-19(10-2-15)27(31)32)17-5-7-18(8-6-17)22(30)26-24-14-16-3-11-20(12-4-16)28(33)34/h1-14H,(H,25,29)(H,26,30). The molecule has 3 rings (SSSR count). The summed E-state index contributed by atoms with van der Waals surface area (Å²) in [5.74, 6) is -1.03. The highest BCUT2D eigenvalue weighted by atomic mass is 16.6. The monoisotopic (exact) mass is 460 g/mol. The van der Waals surface area contributed by atoms with Gasteiger partial charge >= 0.3 is 0 Å². The maximum absolute atomic E-state index is 12.2. The summed E-state index contributed by atoms with van der Waals surface area (Å²) in [6.07, 6.45) is 2.68. The van der Waals surface area contributed by atoms with Gasteiger partial charge in [0.15, 0.2) is 0 Å². The molecule has 170 valence electrons. The Morgan fingerprint density at radius 2 is 0.941 bits per heavy atom. The zero-order valence-corrected chi connectivity index (χ0v) is 17.3. The highest BCUT2D eigenvalue weighted by Gasteiger charge is 2.08. The number of carbonyl (C=O) groups is 2. The molecule has 12 nitrogen and oxygen atoms in total. The smallest absolute Gasteiger partial charge is 0.267 e. The van der Waals surface area contributed by atoms with Crippen LogP contribution in [-0.4, -0.2) is 34.1 Å². The number of benzene rings is 3. The molecule has 12 heteroatoms. The quantitative estimate of drug-likeness (QED) is 0.297. The van der Waals surface area contributed by atoms with Crippen molar-refractivity contribution in [3.8, 4) is 0 Å². The number of nitrogens with zero attached hydrogens (tertiary/aromatic N) is 4. The largest absolute Gasteiger partial charge is 0.271 e. The second-order valence-electron chi connectivity index (χ2n) is 6.67. The van der Waals surface area contributed by atoms with Gasteiger partial charge in [-0.15, -0.1) is 0 Å². The molecule has 3 aromatic rings. The van der Waals surface area contributed by atoms with Gasteiger partial charge in [-0.2, -0.15) is 10.2 Å². The number of hydrazone groups is 2. The molecule has 3 aromatic carbocycles. The molecule has 0 aliphatic rings. The van der Waals surface area contributed by atoms with E-state index in [1.165, 1.54) is 85.2 Å². The third-order valence-corrected chi connectivity index (χ3v) is 4.38. The van der Waals surface area contributed by atoms with Crippen LogP contribution in [0.5, 0.6) is 0 Å². The van der Waals surface area contributed by atoms with Crippen LogP contribution >= 0.6 is 0 Å². The van der Waals surface area contributed by atoms with Crippen molar-refractivity contribution in [1.82, 2.24) is 10.9 Å². The molecule has 0 radical (unpaired) electrons. The van der Waals surface area contributed by atoms with Gasteiger partial charge in [0.1, 0.15) is 0 Å². The third-order valence-electron chi connectivity index (χ3n) is 4.38. The summed E-state index contributed by atoms with van der Waals surface area (Å²) in [5.41, 5.74) is 6.18. The Kier molecular flexibility index (Phi) is 7.47. The van der Waals surface area contributed by atoms with Crippen molar-refractivity contribution in [3.05, 3.63) is 115 Å². The summed E-state index contributed by atoms with van der Waals surface area (Å²) >= 11 is 0. The van der Waals surface area contributed by atoms with E-state index >= 15 is 0 Å². The van der Waals surface area contributed by atoms with Gasteiger partial charge in [-0.25, -0.2) is 10.9 Å². The molecule has 0 saturated heterocycles. The van der Waals surface area contributed by atoms with E-state index in [0.717, 1.165) is 0 Å². The lowest BCUT2D eigenvalue weighted by Gasteiger charge is -2.03. The van der Waals surface area contributed by atoms with Gasteiger partial charge in [0, 0.05) is 35.4 Å². The second kappa shape index (κ2) is 10.9. The van der Waals surface area contributed by atoms with Crippen molar-refractivity contribution in [2.24, 2.45) is 10.2 Å².